The van der Waals surface area contributed by atoms with Gasteiger partial charge in [-0.25, -0.2) is 18.1 Å². The third-order valence-corrected chi connectivity index (χ3v) is 5.56. The van der Waals surface area contributed by atoms with E-state index in [0.717, 1.165) is 0 Å². The summed E-state index contributed by atoms with van der Waals surface area (Å²) in [7, 11) is 0.613. The molecular formula is C18H19N3O5S. The largest absolute Gasteiger partial charge is 0.493 e. The van der Waals surface area contributed by atoms with Gasteiger partial charge in [-0.05, 0) is 24.3 Å². The van der Waals surface area contributed by atoms with Crippen LogP contribution in [-0.2, 0) is 23.6 Å². The third-order valence-electron chi connectivity index (χ3n) is 4.16. The van der Waals surface area contributed by atoms with E-state index in [1.165, 1.54) is 37.0 Å². The average molecular weight is 389 g/mol. The Morgan fingerprint density at radius 1 is 1.07 bits per heavy atom. The van der Waals surface area contributed by atoms with Crippen molar-refractivity contribution >= 4 is 20.9 Å². The maximum Gasteiger partial charge on any atom is 0.261 e. The number of ether oxygens (including phenoxy) is 2. The van der Waals surface area contributed by atoms with E-state index in [4.69, 9.17) is 9.47 Å². The molecule has 0 aliphatic carbocycles. The van der Waals surface area contributed by atoms with Gasteiger partial charge < -0.3 is 9.47 Å². The zero-order valence-electron chi connectivity index (χ0n) is 15.1. The van der Waals surface area contributed by atoms with Crippen LogP contribution in [0.2, 0.25) is 0 Å². The van der Waals surface area contributed by atoms with Crippen molar-refractivity contribution in [3.05, 3.63) is 58.6 Å². The molecule has 1 aromatic heterocycles. The van der Waals surface area contributed by atoms with Crippen LogP contribution in [0.1, 0.15) is 5.82 Å². The fraction of sp³-hybridized carbons (Fsp3) is 0.222. The first-order valence-electron chi connectivity index (χ1n) is 8.03. The molecule has 0 aliphatic rings. The Morgan fingerprint density at radius 3 is 2.48 bits per heavy atom. The quantitative estimate of drug-likeness (QED) is 0.685. The van der Waals surface area contributed by atoms with Crippen LogP contribution in [0.25, 0.3) is 10.9 Å². The second-order valence-electron chi connectivity index (χ2n) is 5.75. The monoisotopic (exact) mass is 389 g/mol. The Kier molecular flexibility index (Phi) is 5.15. The van der Waals surface area contributed by atoms with Gasteiger partial charge >= 0.3 is 0 Å². The molecule has 2 aromatic carbocycles. The van der Waals surface area contributed by atoms with Crippen molar-refractivity contribution in [3.63, 3.8) is 0 Å². The Hall–Kier alpha value is -2.91. The number of sulfonamides is 1. The highest BCUT2D eigenvalue weighted by molar-refractivity contribution is 7.89. The first-order chi connectivity index (χ1) is 12.9. The summed E-state index contributed by atoms with van der Waals surface area (Å²) in [6.45, 7) is -0.132. The van der Waals surface area contributed by atoms with E-state index < -0.39 is 10.0 Å². The molecule has 0 saturated carbocycles. The number of fused-ring (bicyclic) bond motifs is 1. The molecule has 0 aliphatic heterocycles. The molecule has 27 heavy (non-hydrogen) atoms. The van der Waals surface area contributed by atoms with E-state index in [2.05, 4.69) is 9.71 Å². The number of nitrogens with zero attached hydrogens (tertiary/aromatic N) is 2. The number of rotatable bonds is 6. The van der Waals surface area contributed by atoms with Gasteiger partial charge in [-0.2, -0.15) is 0 Å². The second-order valence-corrected chi connectivity index (χ2v) is 7.52. The summed E-state index contributed by atoms with van der Waals surface area (Å²) in [5.41, 5.74) is 0.279. The fourth-order valence-corrected chi connectivity index (χ4v) is 3.64. The van der Waals surface area contributed by atoms with Crippen LogP contribution in [0.5, 0.6) is 11.5 Å². The van der Waals surface area contributed by atoms with Gasteiger partial charge in [-0.1, -0.05) is 12.1 Å². The maximum absolute atomic E-state index is 12.6. The lowest BCUT2D eigenvalue weighted by molar-refractivity contribution is 0.354. The third kappa shape index (κ3) is 3.64. The molecule has 1 N–H and O–H groups in total. The van der Waals surface area contributed by atoms with E-state index in [1.54, 1.807) is 31.3 Å². The summed E-state index contributed by atoms with van der Waals surface area (Å²) in [5.74, 6) is 1.04. The van der Waals surface area contributed by atoms with Crippen LogP contribution >= 0.6 is 0 Å². The summed E-state index contributed by atoms with van der Waals surface area (Å²) in [6.07, 6.45) is 0. The Bertz CT molecular complexity index is 1160. The number of methoxy groups -OCH3 is 2. The van der Waals surface area contributed by atoms with Crippen LogP contribution in [0, 0.1) is 0 Å². The molecule has 0 radical (unpaired) electrons. The molecule has 0 fully saturated rings. The van der Waals surface area contributed by atoms with Crippen LogP contribution in [0.4, 0.5) is 0 Å². The zero-order valence-corrected chi connectivity index (χ0v) is 15.9. The van der Waals surface area contributed by atoms with Gasteiger partial charge in [-0.15, -0.1) is 0 Å². The van der Waals surface area contributed by atoms with E-state index >= 15 is 0 Å². The van der Waals surface area contributed by atoms with Crippen LogP contribution in [-0.4, -0.2) is 32.2 Å². The van der Waals surface area contributed by atoms with Gasteiger partial charge in [0.25, 0.3) is 5.56 Å². The Balaban J connectivity index is 1.91. The van der Waals surface area contributed by atoms with Gasteiger partial charge in [0, 0.05) is 13.1 Å². The first-order valence-corrected chi connectivity index (χ1v) is 9.52. The number of benzene rings is 2. The van der Waals surface area contributed by atoms with Gasteiger partial charge in [-0.3, -0.25) is 9.36 Å². The van der Waals surface area contributed by atoms with Crippen LogP contribution in [0.3, 0.4) is 0 Å². The lowest BCUT2D eigenvalue weighted by Gasteiger charge is -2.12. The Morgan fingerprint density at radius 2 is 1.78 bits per heavy atom. The van der Waals surface area contributed by atoms with E-state index in [0.29, 0.717) is 28.2 Å². The summed E-state index contributed by atoms with van der Waals surface area (Å²) in [4.78, 5) is 16.8. The SMILES string of the molecule is COc1ccc(S(=O)(=O)NCc2nc3ccccc3c(=O)n2C)cc1OC. The highest BCUT2D eigenvalue weighted by Gasteiger charge is 2.18. The molecule has 0 bridgehead atoms. The molecule has 142 valence electrons. The molecular weight excluding hydrogens is 370 g/mol. The molecule has 0 unspecified atom stereocenters. The molecule has 0 amide bonds. The highest BCUT2D eigenvalue weighted by atomic mass is 32.2. The fourth-order valence-electron chi connectivity index (χ4n) is 2.65. The molecule has 0 spiro atoms. The summed E-state index contributed by atoms with van der Waals surface area (Å²) in [6, 6.07) is 11.2. The van der Waals surface area contributed by atoms with Crippen molar-refractivity contribution in [1.82, 2.24) is 14.3 Å². The first kappa shape index (κ1) is 18.9. The van der Waals surface area contributed by atoms with Gasteiger partial charge in [0.2, 0.25) is 10.0 Å². The van der Waals surface area contributed by atoms with E-state index in [1.807, 2.05) is 0 Å². The summed E-state index contributed by atoms with van der Waals surface area (Å²) in [5, 5.41) is 0.478. The van der Waals surface area contributed by atoms with E-state index in [-0.39, 0.29) is 17.0 Å². The molecule has 3 aromatic rings. The minimum absolute atomic E-state index is 0.0194. The van der Waals surface area contributed by atoms with Crippen LogP contribution in [0.15, 0.2) is 52.2 Å². The molecule has 0 atom stereocenters. The van der Waals surface area contributed by atoms with Gasteiger partial charge in [0.05, 0.1) is 36.6 Å². The highest BCUT2D eigenvalue weighted by Crippen LogP contribution is 2.29. The maximum atomic E-state index is 12.6. The standard InChI is InChI=1S/C18H19N3O5S/c1-21-17(20-14-7-5-4-6-13(14)18(21)22)11-19-27(23,24)12-8-9-15(25-2)16(10-12)26-3/h4-10,19H,11H2,1-3H3. The molecule has 1 heterocycles. The zero-order chi connectivity index (χ0) is 19.6. The smallest absolute Gasteiger partial charge is 0.261 e. The van der Waals surface area contributed by atoms with Crippen molar-refractivity contribution in [2.45, 2.75) is 11.4 Å². The van der Waals surface area contributed by atoms with E-state index in [9.17, 15) is 13.2 Å². The van der Waals surface area contributed by atoms with Crippen molar-refractivity contribution in [2.24, 2.45) is 7.05 Å². The van der Waals surface area contributed by atoms with Crippen molar-refractivity contribution < 1.29 is 17.9 Å². The number of hydrogen-bond donors (Lipinski definition) is 1. The molecule has 9 heteroatoms. The lowest BCUT2D eigenvalue weighted by atomic mass is 10.2. The van der Waals surface area contributed by atoms with Gasteiger partial charge in [0.1, 0.15) is 5.82 Å². The Labute approximate surface area is 156 Å². The van der Waals surface area contributed by atoms with Crippen LogP contribution < -0.4 is 19.8 Å². The number of nitrogens with one attached hydrogen (secondary N) is 1. The topological polar surface area (TPSA) is 99.5 Å². The molecule has 8 nitrogen and oxygen atoms in total. The lowest BCUT2D eigenvalue weighted by Crippen LogP contribution is -2.29. The summed E-state index contributed by atoms with van der Waals surface area (Å²) >= 11 is 0. The number of hydrogen-bond acceptors (Lipinski definition) is 6. The van der Waals surface area contributed by atoms with Crippen molar-refractivity contribution in [2.75, 3.05) is 14.2 Å². The average Bonchev–Trinajstić information content (AvgIpc) is 2.69. The second kappa shape index (κ2) is 7.37. The molecule has 0 saturated heterocycles. The number of para-hydroxylation sites is 1. The molecule has 3 rings (SSSR count). The normalized spacial score (nSPS) is 11.5. The minimum atomic E-state index is -3.84. The van der Waals surface area contributed by atoms with Gasteiger partial charge in [0.15, 0.2) is 11.5 Å². The van der Waals surface area contributed by atoms with Crippen molar-refractivity contribution in [1.29, 1.82) is 0 Å². The van der Waals surface area contributed by atoms with Crippen molar-refractivity contribution in [3.8, 4) is 11.5 Å². The summed E-state index contributed by atoms with van der Waals surface area (Å²) < 4.78 is 39.3. The predicted molar refractivity (Wildman–Crippen MR) is 101 cm³/mol. The predicted octanol–water partition coefficient (Wildman–Crippen LogP) is 1.43. The number of aromatic nitrogens is 2. The minimum Gasteiger partial charge on any atom is -0.493 e.